The molecule has 0 saturated carbocycles. The first-order valence-corrected chi connectivity index (χ1v) is 10.3. The molecule has 5 heteroatoms. The molecule has 0 fully saturated rings. The highest BCUT2D eigenvalue weighted by Gasteiger charge is 2.11. The number of rotatable bonds is 6. The average Bonchev–Trinajstić information content (AvgIpc) is 2.78. The Morgan fingerprint density at radius 1 is 0.900 bits per heavy atom. The smallest absolute Gasteiger partial charge is 0.275 e. The molecule has 0 saturated heterocycles. The standard InChI is InChI=1S/C25H19BrN2O2/c26-22-9-5-6-19(15-22)17-30-24-11-4-3-10-23(24)25(29)28-27-16-18-12-13-20-7-1-2-8-21(20)14-18/h1-16H,17H2,(H,28,29). The molecule has 1 amide bonds. The van der Waals surface area contributed by atoms with Crippen molar-refractivity contribution in [3.8, 4) is 5.75 Å². The fraction of sp³-hybridized carbons (Fsp3) is 0.0400. The second kappa shape index (κ2) is 9.37. The van der Waals surface area contributed by atoms with Gasteiger partial charge in [-0.1, -0.05) is 76.6 Å². The highest BCUT2D eigenvalue weighted by Crippen LogP contribution is 2.20. The summed E-state index contributed by atoms with van der Waals surface area (Å²) in [6.45, 7) is 0.365. The maximum Gasteiger partial charge on any atom is 0.275 e. The fourth-order valence-corrected chi connectivity index (χ4v) is 3.53. The largest absolute Gasteiger partial charge is 0.488 e. The van der Waals surface area contributed by atoms with Crippen LogP contribution in [0.1, 0.15) is 21.5 Å². The fourth-order valence-electron chi connectivity index (χ4n) is 3.08. The van der Waals surface area contributed by atoms with E-state index in [-0.39, 0.29) is 5.91 Å². The van der Waals surface area contributed by atoms with Gasteiger partial charge in [-0.05, 0) is 52.2 Å². The Labute approximate surface area is 183 Å². The van der Waals surface area contributed by atoms with Crippen molar-refractivity contribution in [1.82, 2.24) is 5.43 Å². The van der Waals surface area contributed by atoms with Crippen LogP contribution < -0.4 is 10.2 Å². The molecule has 4 nitrogen and oxygen atoms in total. The van der Waals surface area contributed by atoms with Gasteiger partial charge in [-0.25, -0.2) is 5.43 Å². The lowest BCUT2D eigenvalue weighted by molar-refractivity contribution is 0.0950. The number of hydrazone groups is 1. The summed E-state index contributed by atoms with van der Waals surface area (Å²) in [7, 11) is 0. The van der Waals surface area contributed by atoms with E-state index in [9.17, 15) is 4.79 Å². The summed E-state index contributed by atoms with van der Waals surface area (Å²) in [5.41, 5.74) is 4.94. The minimum atomic E-state index is -0.322. The normalized spacial score (nSPS) is 11.0. The molecule has 1 N–H and O–H groups in total. The molecule has 4 aromatic carbocycles. The van der Waals surface area contributed by atoms with Crippen LogP contribution in [0.4, 0.5) is 0 Å². The van der Waals surface area contributed by atoms with Gasteiger partial charge in [0.05, 0.1) is 11.8 Å². The molecular weight excluding hydrogens is 440 g/mol. The van der Waals surface area contributed by atoms with Gasteiger partial charge in [0.15, 0.2) is 0 Å². The Hall–Kier alpha value is -3.44. The van der Waals surface area contributed by atoms with Crippen LogP contribution in [0.3, 0.4) is 0 Å². The minimum Gasteiger partial charge on any atom is -0.488 e. The molecular formula is C25H19BrN2O2. The van der Waals surface area contributed by atoms with Crippen LogP contribution in [-0.4, -0.2) is 12.1 Å². The molecule has 30 heavy (non-hydrogen) atoms. The topological polar surface area (TPSA) is 50.7 Å². The molecule has 0 spiro atoms. The lowest BCUT2D eigenvalue weighted by Gasteiger charge is -2.10. The number of hydrogen-bond acceptors (Lipinski definition) is 3. The number of carbonyl (C=O) groups excluding carboxylic acids is 1. The molecule has 0 radical (unpaired) electrons. The van der Waals surface area contributed by atoms with Crippen LogP contribution in [-0.2, 0) is 6.61 Å². The van der Waals surface area contributed by atoms with Crippen molar-refractivity contribution in [1.29, 1.82) is 0 Å². The van der Waals surface area contributed by atoms with E-state index < -0.39 is 0 Å². The van der Waals surface area contributed by atoms with Crippen LogP contribution in [0.25, 0.3) is 10.8 Å². The number of nitrogens with one attached hydrogen (secondary N) is 1. The van der Waals surface area contributed by atoms with Gasteiger partial charge in [-0.2, -0.15) is 5.10 Å². The van der Waals surface area contributed by atoms with Gasteiger partial charge in [0.25, 0.3) is 5.91 Å². The molecule has 4 aromatic rings. The summed E-state index contributed by atoms with van der Waals surface area (Å²) in [6, 6.07) is 29.1. The van der Waals surface area contributed by atoms with Gasteiger partial charge in [-0.15, -0.1) is 0 Å². The van der Waals surface area contributed by atoms with Crippen LogP contribution in [0.5, 0.6) is 5.75 Å². The van der Waals surface area contributed by atoms with Crippen molar-refractivity contribution < 1.29 is 9.53 Å². The van der Waals surface area contributed by atoms with E-state index in [1.165, 1.54) is 0 Å². The van der Waals surface area contributed by atoms with Crippen molar-refractivity contribution in [2.24, 2.45) is 5.10 Å². The van der Waals surface area contributed by atoms with E-state index >= 15 is 0 Å². The number of hydrogen-bond donors (Lipinski definition) is 1. The van der Waals surface area contributed by atoms with E-state index in [0.29, 0.717) is 17.9 Å². The molecule has 0 aliphatic heterocycles. The zero-order valence-electron chi connectivity index (χ0n) is 16.1. The Morgan fingerprint density at radius 2 is 1.70 bits per heavy atom. The molecule has 0 heterocycles. The van der Waals surface area contributed by atoms with E-state index in [1.54, 1.807) is 24.4 Å². The van der Waals surface area contributed by atoms with E-state index in [2.05, 4.69) is 32.5 Å². The summed E-state index contributed by atoms with van der Waals surface area (Å²) in [6.07, 6.45) is 1.63. The number of halogens is 1. The van der Waals surface area contributed by atoms with Crippen molar-refractivity contribution in [3.63, 3.8) is 0 Å². The molecule has 4 rings (SSSR count). The van der Waals surface area contributed by atoms with Crippen molar-refractivity contribution in [3.05, 3.63) is 112 Å². The third-order valence-corrected chi connectivity index (χ3v) is 5.06. The number of carbonyl (C=O) groups is 1. The monoisotopic (exact) mass is 458 g/mol. The Morgan fingerprint density at radius 3 is 2.57 bits per heavy atom. The Bertz CT molecular complexity index is 1220. The zero-order valence-corrected chi connectivity index (χ0v) is 17.7. The van der Waals surface area contributed by atoms with Gasteiger partial charge in [-0.3, -0.25) is 4.79 Å². The maximum absolute atomic E-state index is 12.6. The van der Waals surface area contributed by atoms with Crippen LogP contribution in [0.2, 0.25) is 0 Å². The predicted octanol–water partition coefficient (Wildman–Crippen LogP) is 5.95. The molecule has 0 aliphatic rings. The minimum absolute atomic E-state index is 0.322. The molecule has 0 atom stereocenters. The number of fused-ring (bicyclic) bond motifs is 1. The van der Waals surface area contributed by atoms with Crippen molar-refractivity contribution in [2.45, 2.75) is 6.61 Å². The number of nitrogens with zero attached hydrogens (tertiary/aromatic N) is 1. The van der Waals surface area contributed by atoms with Crippen LogP contribution in [0.15, 0.2) is 101 Å². The first kappa shape index (κ1) is 19.9. The summed E-state index contributed by atoms with van der Waals surface area (Å²) in [4.78, 5) is 12.6. The van der Waals surface area contributed by atoms with Gasteiger partial charge < -0.3 is 4.74 Å². The molecule has 148 valence electrons. The average molecular weight is 459 g/mol. The molecule has 0 unspecified atom stereocenters. The van der Waals surface area contributed by atoms with Crippen molar-refractivity contribution >= 4 is 38.8 Å². The van der Waals surface area contributed by atoms with E-state index in [4.69, 9.17) is 4.74 Å². The number of amides is 1. The summed E-state index contributed by atoms with van der Waals surface area (Å²) in [5.74, 6) is 0.188. The highest BCUT2D eigenvalue weighted by molar-refractivity contribution is 9.10. The highest BCUT2D eigenvalue weighted by atomic mass is 79.9. The summed E-state index contributed by atoms with van der Waals surface area (Å²) >= 11 is 3.45. The third kappa shape index (κ3) is 4.93. The van der Waals surface area contributed by atoms with Crippen molar-refractivity contribution in [2.75, 3.05) is 0 Å². The Balaban J connectivity index is 1.43. The van der Waals surface area contributed by atoms with E-state index in [1.807, 2.05) is 66.7 Å². The quantitative estimate of drug-likeness (QED) is 0.286. The SMILES string of the molecule is O=C(NN=Cc1ccc2ccccc2c1)c1ccccc1OCc1cccc(Br)c1. The first-order valence-electron chi connectivity index (χ1n) is 9.47. The van der Waals surface area contributed by atoms with Gasteiger partial charge >= 0.3 is 0 Å². The Kier molecular flexibility index (Phi) is 6.20. The molecule has 0 aliphatic carbocycles. The first-order chi connectivity index (χ1) is 14.7. The summed E-state index contributed by atoms with van der Waals surface area (Å²) in [5, 5.41) is 6.40. The lowest BCUT2D eigenvalue weighted by Crippen LogP contribution is -2.18. The number of ether oxygens (including phenoxy) is 1. The lowest BCUT2D eigenvalue weighted by atomic mass is 10.1. The maximum atomic E-state index is 12.6. The van der Waals surface area contributed by atoms with Gasteiger partial charge in [0.2, 0.25) is 0 Å². The van der Waals surface area contributed by atoms with Gasteiger partial charge in [0, 0.05) is 4.47 Å². The third-order valence-electron chi connectivity index (χ3n) is 4.57. The summed E-state index contributed by atoms with van der Waals surface area (Å²) < 4.78 is 6.86. The number of para-hydroxylation sites is 1. The second-order valence-electron chi connectivity index (χ2n) is 6.72. The number of benzene rings is 4. The molecule has 0 bridgehead atoms. The van der Waals surface area contributed by atoms with Crippen LogP contribution >= 0.6 is 15.9 Å². The second-order valence-corrected chi connectivity index (χ2v) is 7.64. The van der Waals surface area contributed by atoms with E-state index in [0.717, 1.165) is 26.4 Å². The van der Waals surface area contributed by atoms with Crippen LogP contribution in [0, 0.1) is 0 Å². The predicted molar refractivity (Wildman–Crippen MR) is 124 cm³/mol. The zero-order chi connectivity index (χ0) is 20.8. The molecule has 0 aromatic heterocycles. The van der Waals surface area contributed by atoms with Gasteiger partial charge in [0.1, 0.15) is 12.4 Å².